The Morgan fingerprint density at radius 1 is 0.964 bits per heavy atom. The maximum Gasteiger partial charge on any atom is 0.224 e. The molecule has 0 spiro atoms. The van der Waals surface area contributed by atoms with Gasteiger partial charge in [0.25, 0.3) is 0 Å². The second-order valence-electron chi connectivity index (χ2n) is 5.94. The summed E-state index contributed by atoms with van der Waals surface area (Å²) >= 11 is 22.9. The monoisotopic (exact) mass is 483 g/mol. The molecule has 2 heterocycles. The maximum atomic E-state index is 11.4. The zero-order valence-electron chi connectivity index (χ0n) is 15.8. The Balaban J connectivity index is 0.000000183. The van der Waals surface area contributed by atoms with E-state index in [-0.39, 0.29) is 16.4 Å². The van der Waals surface area contributed by atoms with Crippen LogP contribution in [0.15, 0.2) is 0 Å². The summed E-state index contributed by atoms with van der Waals surface area (Å²) in [5.41, 5.74) is 2.57. The molecule has 2 aliphatic carbocycles. The van der Waals surface area contributed by atoms with E-state index in [0.29, 0.717) is 34.8 Å². The van der Waals surface area contributed by atoms with Gasteiger partial charge in [-0.05, 0) is 55.3 Å². The molecule has 2 aromatic rings. The van der Waals surface area contributed by atoms with Crippen molar-refractivity contribution < 1.29 is 11.3 Å². The average Bonchev–Trinajstić information content (AvgIpc) is 2.65. The largest absolute Gasteiger partial charge is 0.387 e. The van der Waals surface area contributed by atoms with Gasteiger partial charge in [0.15, 0.2) is 5.78 Å². The third-order valence-electron chi connectivity index (χ3n) is 4.21. The van der Waals surface area contributed by atoms with Crippen molar-refractivity contribution in [2.45, 2.75) is 44.6 Å². The van der Waals surface area contributed by atoms with Gasteiger partial charge < -0.3 is 5.11 Å². The number of hydrogen-bond donors (Lipinski definition) is 1. The van der Waals surface area contributed by atoms with E-state index in [2.05, 4.69) is 29.2 Å². The zero-order chi connectivity index (χ0) is 21.6. The third-order valence-corrected chi connectivity index (χ3v) is 5.17. The van der Waals surface area contributed by atoms with E-state index in [4.69, 9.17) is 47.8 Å². The number of Topliss-reactive ketones (excluding diaryl/α,β-unsaturated/α-hetero) is 1. The number of aliphatic hydroxyl groups excluding tert-OH is 1. The first-order valence-corrected chi connectivity index (χ1v) is 10.8. The minimum atomic E-state index is -0.540. The van der Waals surface area contributed by atoms with E-state index >= 15 is 0 Å². The molecule has 1 N–H and O–H groups in total. The Morgan fingerprint density at radius 3 is 2.21 bits per heavy atom. The van der Waals surface area contributed by atoms with Gasteiger partial charge in [-0.25, -0.2) is 19.9 Å². The van der Waals surface area contributed by atoms with Gasteiger partial charge in [0.1, 0.15) is 16.0 Å². The Hall–Kier alpha value is -0.620. The fraction of sp³-hybridized carbons (Fsp3) is 0.471. The van der Waals surface area contributed by atoms with Crippen molar-refractivity contribution in [2.24, 2.45) is 0 Å². The number of aliphatic hydroxyl groups is 1. The molecule has 0 amide bonds. The van der Waals surface area contributed by atoms with Gasteiger partial charge in [0, 0.05) is 18.9 Å². The summed E-state index contributed by atoms with van der Waals surface area (Å²) in [6.45, 7) is 0.417. The van der Waals surface area contributed by atoms with Crippen LogP contribution < -0.4 is 0 Å². The van der Waals surface area contributed by atoms with Crippen molar-refractivity contribution in [1.29, 1.82) is 0 Å². The topological polar surface area (TPSA) is 88.9 Å². The summed E-state index contributed by atoms with van der Waals surface area (Å²) in [6, 6.07) is 0. The molecule has 2 atom stereocenters. The standard InChI is InChI=1S/C8H8Cl2N2O.C8H6Cl2N2O.CH5P/c2*9-7-4-2-1-3-5(13)6(4)11-8(10)12-7;1-2/h5,13H,1-3H2;1-3H2;2H2,1H3/i;;1D. The molecule has 0 aliphatic heterocycles. The Labute approximate surface area is 187 Å². The first kappa shape index (κ1) is 22.1. The first-order chi connectivity index (χ1) is 13.8. The number of nitrogens with zero attached hydrogens (tertiary/aromatic N) is 4. The number of carbonyl (C=O) groups is 1. The molecule has 0 saturated heterocycles. The van der Waals surface area contributed by atoms with Crippen molar-refractivity contribution in [1.82, 2.24) is 19.9 Å². The fourth-order valence-electron chi connectivity index (χ4n) is 2.99. The lowest BCUT2D eigenvalue weighted by Gasteiger charge is -2.20. The van der Waals surface area contributed by atoms with Crippen molar-refractivity contribution in [3.8, 4) is 0 Å². The van der Waals surface area contributed by atoms with Crippen LogP contribution >= 0.6 is 55.6 Å². The van der Waals surface area contributed by atoms with Crippen molar-refractivity contribution in [3.05, 3.63) is 43.4 Å². The molecular weight excluding hydrogens is 465 g/mol. The molecule has 0 aromatic carbocycles. The maximum absolute atomic E-state index is 11.4. The van der Waals surface area contributed by atoms with E-state index in [9.17, 15) is 9.90 Å². The van der Waals surface area contributed by atoms with E-state index < -0.39 is 6.10 Å². The minimum Gasteiger partial charge on any atom is -0.387 e. The van der Waals surface area contributed by atoms with Gasteiger partial charge in [-0.1, -0.05) is 29.8 Å². The highest BCUT2D eigenvalue weighted by Crippen LogP contribution is 2.32. The predicted octanol–water partition coefficient (Wildman–Crippen LogP) is 4.95. The number of aromatic nitrogens is 4. The molecule has 152 valence electrons. The smallest absolute Gasteiger partial charge is 0.224 e. The minimum absolute atomic E-state index is 0.00690. The Kier molecular flexibility index (Phi) is 8.64. The number of halogens is 4. The molecule has 6 nitrogen and oxygen atoms in total. The summed E-state index contributed by atoms with van der Waals surface area (Å²) in [7, 11) is 2.25. The molecular formula is C17H19Cl4N4O2P. The Bertz CT molecular complexity index is 891. The predicted molar refractivity (Wildman–Crippen MR) is 115 cm³/mol. The lowest BCUT2D eigenvalue weighted by atomic mass is 9.95. The van der Waals surface area contributed by atoms with Crippen LogP contribution in [0.3, 0.4) is 0 Å². The van der Waals surface area contributed by atoms with E-state index in [1.54, 1.807) is 0 Å². The van der Waals surface area contributed by atoms with Gasteiger partial charge in [0.05, 0.1) is 11.8 Å². The number of fused-ring (bicyclic) bond motifs is 2. The van der Waals surface area contributed by atoms with Crippen LogP contribution in [-0.4, -0.2) is 37.5 Å². The molecule has 0 saturated carbocycles. The quantitative estimate of drug-likeness (QED) is 0.323. The van der Waals surface area contributed by atoms with Crippen LogP contribution in [0.1, 0.15) is 60.5 Å². The number of hydrogen-bond acceptors (Lipinski definition) is 6. The van der Waals surface area contributed by atoms with Crippen LogP contribution in [0.25, 0.3) is 0 Å². The normalized spacial score (nSPS) is 17.9. The molecule has 2 aliphatic rings. The molecule has 0 fully saturated rings. The van der Waals surface area contributed by atoms with E-state index in [0.717, 1.165) is 43.2 Å². The summed E-state index contributed by atoms with van der Waals surface area (Å²) in [6.07, 6.45) is 4.02. The van der Waals surface area contributed by atoms with Gasteiger partial charge in [-0.2, -0.15) is 0 Å². The summed E-state index contributed by atoms with van der Waals surface area (Å²) < 4.78 is 6.17. The van der Waals surface area contributed by atoms with E-state index in [1.807, 2.05) is 0 Å². The van der Waals surface area contributed by atoms with Crippen molar-refractivity contribution in [2.75, 3.05) is 6.64 Å². The molecule has 0 radical (unpaired) electrons. The summed E-state index contributed by atoms with van der Waals surface area (Å²) in [5.74, 6) is 0.00690. The lowest BCUT2D eigenvalue weighted by molar-refractivity contribution is 0.0967. The SMILES string of the molecule is O=C1CCCc2c(Cl)nc(Cl)nc21.OC1CCCc2c(Cl)nc(Cl)nc21.[2H]CP. The number of rotatable bonds is 0. The average molecular weight is 485 g/mol. The van der Waals surface area contributed by atoms with Gasteiger partial charge in [-0.3, -0.25) is 4.79 Å². The van der Waals surface area contributed by atoms with Crippen LogP contribution in [0.4, 0.5) is 0 Å². The van der Waals surface area contributed by atoms with Crippen LogP contribution in [-0.2, 0) is 12.8 Å². The number of carbonyl (C=O) groups excluding carboxylic acids is 1. The van der Waals surface area contributed by atoms with Gasteiger partial charge in [-0.15, -0.1) is 9.24 Å². The first-order valence-electron chi connectivity index (χ1n) is 9.13. The molecule has 28 heavy (non-hydrogen) atoms. The highest BCUT2D eigenvalue weighted by atomic mass is 35.5. The lowest BCUT2D eigenvalue weighted by Crippen LogP contribution is -2.14. The van der Waals surface area contributed by atoms with Crippen molar-refractivity contribution >= 4 is 61.4 Å². The summed E-state index contributed by atoms with van der Waals surface area (Å²) in [4.78, 5) is 26.9. The van der Waals surface area contributed by atoms with Crippen LogP contribution in [0, 0.1) is 0 Å². The summed E-state index contributed by atoms with van der Waals surface area (Å²) in [5, 5.41) is 10.4. The highest BCUT2D eigenvalue weighted by Gasteiger charge is 2.23. The number of ketones is 1. The zero-order valence-corrected chi connectivity index (χ0v) is 18.9. The third kappa shape index (κ3) is 5.71. The van der Waals surface area contributed by atoms with Crippen molar-refractivity contribution in [3.63, 3.8) is 0 Å². The highest BCUT2D eigenvalue weighted by molar-refractivity contribution is 7.15. The Morgan fingerprint density at radius 2 is 1.54 bits per heavy atom. The fourth-order valence-corrected chi connectivity index (χ4v) is 3.96. The second-order valence-corrected chi connectivity index (χ2v) is 7.33. The molecule has 4 rings (SSSR count). The molecule has 11 heteroatoms. The second kappa shape index (κ2) is 11.0. The van der Waals surface area contributed by atoms with Crippen LogP contribution in [0.2, 0.25) is 20.9 Å². The van der Waals surface area contributed by atoms with Crippen LogP contribution in [0.5, 0.6) is 0 Å². The molecule has 0 bridgehead atoms. The van der Waals surface area contributed by atoms with Gasteiger partial charge >= 0.3 is 0 Å². The molecule has 2 aromatic heterocycles. The van der Waals surface area contributed by atoms with E-state index in [1.165, 1.54) is 0 Å². The van der Waals surface area contributed by atoms with Gasteiger partial charge in [0.2, 0.25) is 10.6 Å². The molecule has 2 unspecified atom stereocenters.